The summed E-state index contributed by atoms with van der Waals surface area (Å²) in [6.45, 7) is 5.05. The number of hydrogen-bond acceptors (Lipinski definition) is 3. The van der Waals surface area contributed by atoms with Crippen LogP contribution in [0.25, 0.3) is 0 Å². The van der Waals surface area contributed by atoms with Crippen LogP contribution in [0.15, 0.2) is 18.2 Å². The van der Waals surface area contributed by atoms with Gasteiger partial charge < -0.3 is 15.3 Å². The van der Waals surface area contributed by atoms with Crippen LogP contribution < -0.4 is 10.2 Å². The van der Waals surface area contributed by atoms with Crippen LogP contribution in [-0.4, -0.2) is 30.8 Å². The molecule has 0 aromatic heterocycles. The van der Waals surface area contributed by atoms with Gasteiger partial charge in [-0.1, -0.05) is 17.7 Å². The molecule has 2 N–H and O–H groups in total. The number of aliphatic hydroxyl groups is 1. The molecule has 1 fully saturated rings. The van der Waals surface area contributed by atoms with Gasteiger partial charge in [0.15, 0.2) is 0 Å². The lowest BCUT2D eigenvalue weighted by molar-refractivity contribution is 0.289. The summed E-state index contributed by atoms with van der Waals surface area (Å²) in [5.74, 6) is 0. The average molecular weight is 283 g/mol. The van der Waals surface area contributed by atoms with Gasteiger partial charge in [-0.25, -0.2) is 0 Å². The zero-order valence-corrected chi connectivity index (χ0v) is 12.3. The minimum absolute atomic E-state index is 0.229. The Morgan fingerprint density at radius 3 is 2.84 bits per heavy atom. The Labute approximate surface area is 120 Å². The Hall–Kier alpha value is -0.770. The fourth-order valence-electron chi connectivity index (χ4n) is 2.23. The van der Waals surface area contributed by atoms with Gasteiger partial charge in [-0.3, -0.25) is 0 Å². The molecule has 0 radical (unpaired) electrons. The standard InChI is InChI=1S/C15H23ClN2O/c1-2-18(8-3-9-19)15-10-13(16)5-4-12(15)11-17-14-6-7-14/h4-5,10,14,17,19H,2-3,6-9,11H2,1H3. The second kappa shape index (κ2) is 7.13. The maximum atomic E-state index is 9.00. The number of hydrogen-bond donors (Lipinski definition) is 2. The van der Waals surface area contributed by atoms with Gasteiger partial charge >= 0.3 is 0 Å². The predicted molar refractivity (Wildman–Crippen MR) is 80.9 cm³/mol. The second-order valence-corrected chi connectivity index (χ2v) is 5.52. The number of benzene rings is 1. The highest BCUT2D eigenvalue weighted by Gasteiger charge is 2.21. The van der Waals surface area contributed by atoms with E-state index in [0.717, 1.165) is 31.1 Å². The highest BCUT2D eigenvalue weighted by atomic mass is 35.5. The number of nitrogens with zero attached hydrogens (tertiary/aromatic N) is 1. The van der Waals surface area contributed by atoms with Crippen LogP contribution in [0, 0.1) is 0 Å². The number of rotatable bonds is 8. The first-order chi connectivity index (χ1) is 9.24. The fourth-order valence-corrected chi connectivity index (χ4v) is 2.40. The van der Waals surface area contributed by atoms with E-state index in [-0.39, 0.29) is 6.61 Å². The summed E-state index contributed by atoms with van der Waals surface area (Å²) in [6.07, 6.45) is 3.38. The molecule has 0 atom stereocenters. The molecule has 0 spiro atoms. The lowest BCUT2D eigenvalue weighted by Gasteiger charge is -2.26. The molecule has 1 aromatic carbocycles. The van der Waals surface area contributed by atoms with Gasteiger partial charge in [0.25, 0.3) is 0 Å². The SMILES string of the molecule is CCN(CCCO)c1cc(Cl)ccc1CNC1CC1. The lowest BCUT2D eigenvalue weighted by Crippen LogP contribution is -2.27. The summed E-state index contributed by atoms with van der Waals surface area (Å²) < 4.78 is 0. The van der Waals surface area contributed by atoms with Crippen molar-refractivity contribution in [3.63, 3.8) is 0 Å². The Morgan fingerprint density at radius 2 is 2.21 bits per heavy atom. The van der Waals surface area contributed by atoms with Crippen LogP contribution in [0.2, 0.25) is 5.02 Å². The zero-order chi connectivity index (χ0) is 13.7. The smallest absolute Gasteiger partial charge is 0.0447 e. The summed E-state index contributed by atoms with van der Waals surface area (Å²) in [4.78, 5) is 2.28. The summed E-state index contributed by atoms with van der Waals surface area (Å²) in [5.41, 5.74) is 2.48. The van der Waals surface area contributed by atoms with Gasteiger partial charge in [-0.05, 0) is 43.9 Å². The van der Waals surface area contributed by atoms with E-state index in [0.29, 0.717) is 6.04 Å². The van der Waals surface area contributed by atoms with Crippen molar-refractivity contribution < 1.29 is 5.11 Å². The van der Waals surface area contributed by atoms with Crippen molar-refractivity contribution in [1.82, 2.24) is 5.32 Å². The van der Waals surface area contributed by atoms with Crippen molar-refractivity contribution >= 4 is 17.3 Å². The van der Waals surface area contributed by atoms with Crippen LogP contribution in [0.4, 0.5) is 5.69 Å². The van der Waals surface area contributed by atoms with Gasteiger partial charge in [0.05, 0.1) is 0 Å². The number of halogens is 1. The molecule has 19 heavy (non-hydrogen) atoms. The summed E-state index contributed by atoms with van der Waals surface area (Å²) in [5, 5.41) is 13.3. The Bertz CT molecular complexity index is 407. The van der Waals surface area contributed by atoms with Crippen molar-refractivity contribution in [2.24, 2.45) is 0 Å². The molecular formula is C15H23ClN2O. The molecule has 0 saturated heterocycles. The topological polar surface area (TPSA) is 35.5 Å². The maximum absolute atomic E-state index is 9.00. The van der Waals surface area contributed by atoms with Crippen molar-refractivity contribution in [1.29, 1.82) is 0 Å². The normalized spacial score (nSPS) is 14.7. The molecule has 106 valence electrons. The van der Waals surface area contributed by atoms with Crippen LogP contribution in [0.5, 0.6) is 0 Å². The van der Waals surface area contributed by atoms with Gasteiger partial charge in [-0.15, -0.1) is 0 Å². The third-order valence-corrected chi connectivity index (χ3v) is 3.75. The van der Waals surface area contributed by atoms with Gasteiger partial charge in [0.2, 0.25) is 0 Å². The molecule has 4 heteroatoms. The molecule has 0 aliphatic heterocycles. The predicted octanol–water partition coefficient (Wildman–Crippen LogP) is 2.80. The summed E-state index contributed by atoms with van der Waals surface area (Å²) >= 11 is 6.13. The van der Waals surface area contributed by atoms with Crippen LogP contribution in [0.3, 0.4) is 0 Å². The first kappa shape index (κ1) is 14.6. The molecule has 1 aromatic rings. The van der Waals surface area contributed by atoms with E-state index in [9.17, 15) is 0 Å². The molecule has 0 amide bonds. The molecule has 2 rings (SSSR count). The lowest BCUT2D eigenvalue weighted by atomic mass is 10.1. The van der Waals surface area contributed by atoms with Crippen molar-refractivity contribution in [3.05, 3.63) is 28.8 Å². The third kappa shape index (κ3) is 4.37. The van der Waals surface area contributed by atoms with Crippen molar-refractivity contribution in [2.75, 3.05) is 24.6 Å². The minimum Gasteiger partial charge on any atom is -0.396 e. The molecule has 1 aliphatic carbocycles. The zero-order valence-electron chi connectivity index (χ0n) is 11.5. The van der Waals surface area contributed by atoms with Gasteiger partial charge in [0, 0.05) is 43.0 Å². The minimum atomic E-state index is 0.229. The van der Waals surface area contributed by atoms with E-state index >= 15 is 0 Å². The van der Waals surface area contributed by atoms with Crippen molar-refractivity contribution in [3.8, 4) is 0 Å². The van der Waals surface area contributed by atoms with E-state index in [1.807, 2.05) is 12.1 Å². The maximum Gasteiger partial charge on any atom is 0.0447 e. The molecule has 0 bridgehead atoms. The first-order valence-corrected chi connectivity index (χ1v) is 7.50. The monoisotopic (exact) mass is 282 g/mol. The quantitative estimate of drug-likeness (QED) is 0.770. The Kier molecular flexibility index (Phi) is 5.49. The van der Waals surface area contributed by atoms with Crippen LogP contribution >= 0.6 is 11.6 Å². The highest BCUT2D eigenvalue weighted by Crippen LogP contribution is 2.27. The average Bonchev–Trinajstić information content (AvgIpc) is 3.23. The largest absolute Gasteiger partial charge is 0.396 e. The van der Waals surface area contributed by atoms with Crippen LogP contribution in [0.1, 0.15) is 31.7 Å². The van der Waals surface area contributed by atoms with Gasteiger partial charge in [-0.2, -0.15) is 0 Å². The van der Waals surface area contributed by atoms with Gasteiger partial charge in [0.1, 0.15) is 0 Å². The molecule has 1 aliphatic rings. The Balaban J connectivity index is 2.10. The van der Waals surface area contributed by atoms with E-state index < -0.39 is 0 Å². The van der Waals surface area contributed by atoms with Crippen LogP contribution in [-0.2, 0) is 6.54 Å². The molecule has 3 nitrogen and oxygen atoms in total. The molecule has 0 heterocycles. The molecule has 1 saturated carbocycles. The first-order valence-electron chi connectivity index (χ1n) is 7.12. The summed E-state index contributed by atoms with van der Waals surface area (Å²) in [7, 11) is 0. The van der Waals surface area contributed by atoms with Crippen molar-refractivity contribution in [2.45, 2.75) is 38.8 Å². The Morgan fingerprint density at radius 1 is 1.42 bits per heavy atom. The van der Waals surface area contributed by atoms with E-state index in [1.54, 1.807) is 0 Å². The highest BCUT2D eigenvalue weighted by molar-refractivity contribution is 6.30. The van der Waals surface area contributed by atoms with E-state index in [2.05, 4.69) is 23.2 Å². The number of nitrogens with one attached hydrogen (secondary N) is 1. The van der Waals surface area contributed by atoms with E-state index in [4.69, 9.17) is 16.7 Å². The summed E-state index contributed by atoms with van der Waals surface area (Å²) in [6, 6.07) is 6.80. The van der Waals surface area contributed by atoms with E-state index in [1.165, 1.54) is 24.1 Å². The second-order valence-electron chi connectivity index (χ2n) is 5.09. The number of anilines is 1. The third-order valence-electron chi connectivity index (χ3n) is 3.51. The number of aliphatic hydroxyl groups excluding tert-OH is 1. The fraction of sp³-hybridized carbons (Fsp3) is 0.600. The molecular weight excluding hydrogens is 260 g/mol. The molecule has 0 unspecified atom stereocenters.